The van der Waals surface area contributed by atoms with Gasteiger partial charge in [0.2, 0.25) is 5.91 Å². The first kappa shape index (κ1) is 38.8. The maximum Gasteiger partial charge on any atom is 0.416 e. The highest BCUT2D eigenvalue weighted by atomic mass is 32.2. The van der Waals surface area contributed by atoms with Crippen molar-refractivity contribution in [2.24, 2.45) is 0 Å². The van der Waals surface area contributed by atoms with Crippen LogP contribution in [-0.4, -0.2) is 90.1 Å². The summed E-state index contributed by atoms with van der Waals surface area (Å²) < 4.78 is 93.4. The van der Waals surface area contributed by atoms with Crippen LogP contribution in [0.15, 0.2) is 65.6 Å². The normalized spacial score (nSPS) is 16.4. The molecule has 3 aromatic rings. The molecule has 5 rings (SSSR count). The first-order chi connectivity index (χ1) is 24.5. The Morgan fingerprint density at radius 3 is 2.17 bits per heavy atom. The van der Waals surface area contributed by atoms with Crippen molar-refractivity contribution in [3.05, 3.63) is 87.8 Å². The van der Waals surface area contributed by atoms with E-state index >= 15 is 0 Å². The zero-order valence-electron chi connectivity index (χ0n) is 27.4. The average Bonchev–Trinajstić information content (AvgIpc) is 3.37. The number of hydrogen-bond acceptors (Lipinski definition) is 8. The van der Waals surface area contributed by atoms with Crippen LogP contribution in [-0.2, 0) is 26.7 Å². The van der Waals surface area contributed by atoms with Crippen LogP contribution in [0.4, 0.5) is 32.0 Å². The van der Waals surface area contributed by atoms with Crippen LogP contribution >= 0.6 is 24.0 Å². The van der Waals surface area contributed by atoms with Crippen molar-refractivity contribution < 1.29 is 55.3 Å². The molecule has 1 N–H and O–H groups in total. The second kappa shape index (κ2) is 16.1. The van der Waals surface area contributed by atoms with E-state index in [1.54, 1.807) is 0 Å². The number of ether oxygens (including phenoxy) is 2. The number of thioether (sulfide) groups is 1. The molecule has 276 valence electrons. The number of morpholine rings is 1. The van der Waals surface area contributed by atoms with E-state index in [4.69, 9.17) is 26.8 Å². The van der Waals surface area contributed by atoms with Crippen LogP contribution in [0.5, 0.6) is 5.75 Å². The van der Waals surface area contributed by atoms with E-state index in [0.29, 0.717) is 50.7 Å². The minimum absolute atomic E-state index is 0.0175. The Morgan fingerprint density at radius 2 is 1.58 bits per heavy atom. The van der Waals surface area contributed by atoms with Crippen LogP contribution in [0.2, 0.25) is 0 Å². The van der Waals surface area contributed by atoms with Crippen LogP contribution in [0, 0.1) is 0 Å². The number of carboxylic acids is 1. The molecular formula is C35H31F6N3O6S2. The second-order valence-electron chi connectivity index (χ2n) is 11.7. The van der Waals surface area contributed by atoms with Gasteiger partial charge in [-0.2, -0.15) is 26.3 Å². The van der Waals surface area contributed by atoms with Gasteiger partial charge in [0.05, 0.1) is 34.8 Å². The molecule has 0 aliphatic carbocycles. The number of alkyl halides is 6. The third kappa shape index (κ3) is 9.50. The monoisotopic (exact) mass is 767 g/mol. The molecule has 0 atom stereocenters. The summed E-state index contributed by atoms with van der Waals surface area (Å²) in [5, 5.41) is 9.11. The first-order valence-corrected chi connectivity index (χ1v) is 17.0. The van der Waals surface area contributed by atoms with Gasteiger partial charge in [-0.25, -0.2) is 4.79 Å². The summed E-state index contributed by atoms with van der Waals surface area (Å²) in [5.74, 6) is -1.83. The van der Waals surface area contributed by atoms with Crippen LogP contribution in [0.1, 0.15) is 33.5 Å². The van der Waals surface area contributed by atoms with Crippen LogP contribution in [0.25, 0.3) is 17.2 Å². The molecule has 2 saturated heterocycles. The topological polar surface area (TPSA) is 99.6 Å². The van der Waals surface area contributed by atoms with Gasteiger partial charge in [-0.3, -0.25) is 19.4 Å². The van der Waals surface area contributed by atoms with Gasteiger partial charge in [-0.15, -0.1) is 0 Å². The van der Waals surface area contributed by atoms with Crippen molar-refractivity contribution in [2.45, 2.75) is 18.8 Å². The van der Waals surface area contributed by atoms with E-state index in [0.717, 1.165) is 11.8 Å². The zero-order chi connectivity index (χ0) is 37.8. The standard InChI is InChI=1S/C35H31F6N3O6S2/c1-42(27-5-2-21(3-6-27)32(47)48)30(45)8-9-44-31(46)29(52-33(44)51)19-24-16-22(4-7-28(24)50-15-12-43-10-13-49-14-11-43)23-17-25(34(36,37)38)20-26(18-23)35(39,40)41/h2-7,16-20H,8-15H2,1H3,(H,47,48). The van der Waals surface area contributed by atoms with E-state index in [-0.39, 0.29) is 68.8 Å². The lowest BCUT2D eigenvalue weighted by Gasteiger charge is -2.26. The van der Waals surface area contributed by atoms with Crippen LogP contribution < -0.4 is 9.64 Å². The second-order valence-corrected chi connectivity index (χ2v) is 13.4. The molecule has 2 amide bonds. The third-order valence-electron chi connectivity index (χ3n) is 8.28. The molecule has 0 spiro atoms. The quantitative estimate of drug-likeness (QED) is 0.125. The minimum Gasteiger partial charge on any atom is -0.492 e. The average molecular weight is 768 g/mol. The van der Waals surface area contributed by atoms with Crippen molar-refractivity contribution in [3.63, 3.8) is 0 Å². The summed E-state index contributed by atoms with van der Waals surface area (Å²) >= 11 is 6.34. The highest BCUT2D eigenvalue weighted by Gasteiger charge is 2.37. The summed E-state index contributed by atoms with van der Waals surface area (Å²) in [6, 6.07) is 11.1. The number of carboxylic acid groups (broad SMARTS) is 1. The molecule has 3 aromatic carbocycles. The molecule has 2 aliphatic heterocycles. The number of nitrogens with zero attached hydrogens (tertiary/aromatic N) is 3. The fourth-order valence-corrected chi connectivity index (χ4v) is 6.68. The van der Waals surface area contributed by atoms with Gasteiger partial charge in [0.15, 0.2) is 0 Å². The number of amides is 2. The van der Waals surface area contributed by atoms with E-state index < -0.39 is 35.4 Å². The zero-order valence-corrected chi connectivity index (χ0v) is 29.1. The predicted molar refractivity (Wildman–Crippen MR) is 186 cm³/mol. The largest absolute Gasteiger partial charge is 0.492 e. The highest BCUT2D eigenvalue weighted by molar-refractivity contribution is 8.26. The van der Waals surface area contributed by atoms with Crippen molar-refractivity contribution in [1.82, 2.24) is 9.80 Å². The lowest BCUT2D eigenvalue weighted by Crippen LogP contribution is -2.38. The Balaban J connectivity index is 1.40. The fourth-order valence-electron chi connectivity index (χ4n) is 5.38. The molecule has 0 radical (unpaired) electrons. The van der Waals surface area contributed by atoms with Gasteiger partial charge in [-0.05, 0) is 71.8 Å². The van der Waals surface area contributed by atoms with Gasteiger partial charge in [0.1, 0.15) is 16.7 Å². The molecule has 2 heterocycles. The molecule has 9 nitrogen and oxygen atoms in total. The van der Waals surface area contributed by atoms with Crippen molar-refractivity contribution >= 4 is 57.8 Å². The van der Waals surface area contributed by atoms with Crippen LogP contribution in [0.3, 0.4) is 0 Å². The lowest BCUT2D eigenvalue weighted by atomic mass is 9.97. The van der Waals surface area contributed by atoms with Crippen molar-refractivity contribution in [1.29, 1.82) is 0 Å². The Hall–Kier alpha value is -4.45. The smallest absolute Gasteiger partial charge is 0.416 e. The molecular weight excluding hydrogens is 737 g/mol. The number of hydrogen-bond donors (Lipinski definition) is 1. The third-order valence-corrected chi connectivity index (χ3v) is 9.66. The summed E-state index contributed by atoms with van der Waals surface area (Å²) in [5.41, 5.74) is -2.57. The molecule has 0 aromatic heterocycles. The Morgan fingerprint density at radius 1 is 0.942 bits per heavy atom. The number of anilines is 1. The molecule has 17 heteroatoms. The number of carbonyl (C=O) groups excluding carboxylic acids is 2. The fraction of sp³-hybridized carbons (Fsp3) is 0.314. The maximum atomic E-state index is 13.7. The number of aromatic carboxylic acids is 1. The number of rotatable bonds is 11. The van der Waals surface area contributed by atoms with E-state index in [1.807, 2.05) is 0 Å². The van der Waals surface area contributed by atoms with E-state index in [1.165, 1.54) is 65.4 Å². The number of benzene rings is 3. The molecule has 2 aliphatic rings. The number of halogens is 6. The van der Waals surface area contributed by atoms with E-state index in [2.05, 4.69) is 4.90 Å². The maximum absolute atomic E-state index is 13.7. The van der Waals surface area contributed by atoms with Crippen molar-refractivity contribution in [2.75, 3.05) is 57.9 Å². The Kier molecular flexibility index (Phi) is 12.0. The van der Waals surface area contributed by atoms with E-state index in [9.17, 15) is 40.7 Å². The van der Waals surface area contributed by atoms with Gasteiger partial charge >= 0.3 is 18.3 Å². The Labute approximate surface area is 303 Å². The molecule has 0 bridgehead atoms. The van der Waals surface area contributed by atoms with Gasteiger partial charge in [-0.1, -0.05) is 30.0 Å². The summed E-state index contributed by atoms with van der Waals surface area (Å²) in [6.45, 7) is 3.10. The number of carbonyl (C=O) groups is 3. The number of thiocarbonyl (C=S) groups is 1. The molecule has 0 saturated carbocycles. The van der Waals surface area contributed by atoms with Gasteiger partial charge in [0.25, 0.3) is 5.91 Å². The highest BCUT2D eigenvalue weighted by Crippen LogP contribution is 2.40. The molecule has 0 unspecified atom stereocenters. The summed E-state index contributed by atoms with van der Waals surface area (Å²) in [6.07, 6.45) is -8.82. The summed E-state index contributed by atoms with van der Waals surface area (Å²) in [4.78, 5) is 42.4. The SMILES string of the molecule is CN(C(=O)CCN1C(=O)C(=Cc2cc(-c3cc(C(F)(F)F)cc(C(F)(F)F)c3)ccc2OCCN2CCOCC2)SC1=S)c1ccc(C(=O)O)cc1. The molecule has 52 heavy (non-hydrogen) atoms. The molecule has 2 fully saturated rings. The van der Waals surface area contributed by atoms with Gasteiger partial charge < -0.3 is 19.5 Å². The predicted octanol–water partition coefficient (Wildman–Crippen LogP) is 7.05. The lowest BCUT2D eigenvalue weighted by molar-refractivity contribution is -0.143. The van der Waals surface area contributed by atoms with Crippen molar-refractivity contribution in [3.8, 4) is 16.9 Å². The summed E-state index contributed by atoms with van der Waals surface area (Å²) in [7, 11) is 1.50. The minimum atomic E-state index is -5.05. The first-order valence-electron chi connectivity index (χ1n) is 15.7. The Bertz CT molecular complexity index is 1850. The van der Waals surface area contributed by atoms with Gasteiger partial charge in [0, 0.05) is 50.9 Å².